The normalized spacial score (nSPS) is 12.9. The molecule has 0 unspecified atom stereocenters. The van der Waals surface area contributed by atoms with Gasteiger partial charge in [0.25, 0.3) is 0 Å². The van der Waals surface area contributed by atoms with Gasteiger partial charge in [-0.2, -0.15) is 26.3 Å². The molecule has 0 amide bonds. The highest BCUT2D eigenvalue weighted by Crippen LogP contribution is 2.56. The Morgan fingerprint density at radius 1 is 0.319 bits per heavy atom. The minimum Gasteiger partial charge on any atom is -0.309 e. The van der Waals surface area contributed by atoms with Crippen LogP contribution in [-0.2, 0) is 5.41 Å². The molecule has 8 heteroatoms. The van der Waals surface area contributed by atoms with E-state index in [1.165, 1.54) is 24.3 Å². The Balaban J connectivity index is 1.29. The number of hydrogen-bond donors (Lipinski definition) is 0. The fraction of sp³-hybridized carbons (Fsp3) is 0.0769. The highest BCUT2D eigenvalue weighted by atomic mass is 19.4. The molecule has 2 nitrogen and oxygen atoms in total. The van der Waals surface area contributed by atoms with Crippen LogP contribution in [0.3, 0.4) is 0 Å². The molecule has 0 saturated heterocycles. The fourth-order valence-electron chi connectivity index (χ4n) is 7.10. The Morgan fingerprint density at radius 2 is 0.574 bits per heavy atom. The van der Waals surface area contributed by atoms with E-state index in [-0.39, 0.29) is 0 Å². The summed E-state index contributed by atoms with van der Waals surface area (Å²) in [7, 11) is 0. The average Bonchev–Trinajstić information content (AvgIpc) is 3.58. The van der Waals surface area contributed by atoms with Gasteiger partial charge in [-0.1, -0.05) is 97.1 Å². The largest absolute Gasteiger partial charge is 0.411 e. The van der Waals surface area contributed by atoms with Gasteiger partial charge in [-0.05, 0) is 59.7 Å². The summed E-state index contributed by atoms with van der Waals surface area (Å²) in [6, 6.07) is 39.2. The number of nitrogens with zero attached hydrogens (tertiary/aromatic N) is 2. The predicted molar refractivity (Wildman–Crippen MR) is 174 cm³/mol. The number of para-hydroxylation sites is 4. The number of benzene rings is 6. The summed E-state index contributed by atoms with van der Waals surface area (Å²) in [6.07, 6.45) is -11.4. The SMILES string of the molecule is FC(F)(F)C(c1ccc(-n2c3ccccc3c3ccccc32)cc1)(c1ccc(-n2c3ccccc3c3ccccc32)cc1)C(F)(F)F. The van der Waals surface area contributed by atoms with Crippen LogP contribution < -0.4 is 0 Å². The molecule has 0 spiro atoms. The first-order chi connectivity index (χ1) is 22.6. The summed E-state index contributed by atoms with van der Waals surface area (Å²) in [5.74, 6) is 0. The highest BCUT2D eigenvalue weighted by Gasteiger charge is 2.72. The predicted octanol–water partition coefficient (Wildman–Crippen LogP) is 11.3. The third kappa shape index (κ3) is 4.13. The van der Waals surface area contributed by atoms with E-state index < -0.39 is 28.9 Å². The van der Waals surface area contributed by atoms with Crippen LogP contribution in [0, 0.1) is 0 Å². The number of alkyl halides is 6. The Morgan fingerprint density at radius 3 is 0.830 bits per heavy atom. The van der Waals surface area contributed by atoms with Crippen LogP contribution in [0.4, 0.5) is 26.3 Å². The van der Waals surface area contributed by atoms with E-state index in [1.807, 2.05) is 106 Å². The van der Waals surface area contributed by atoms with Crippen LogP contribution in [0.5, 0.6) is 0 Å². The lowest BCUT2D eigenvalue weighted by Crippen LogP contribution is -2.54. The monoisotopic (exact) mass is 634 g/mol. The molecule has 0 bridgehead atoms. The van der Waals surface area contributed by atoms with E-state index >= 15 is 26.3 Å². The molecule has 2 heterocycles. The van der Waals surface area contributed by atoms with Crippen molar-refractivity contribution in [2.75, 3.05) is 0 Å². The number of halogens is 6. The van der Waals surface area contributed by atoms with Crippen molar-refractivity contribution in [3.05, 3.63) is 157 Å². The van der Waals surface area contributed by atoms with E-state index in [0.717, 1.165) is 67.9 Å². The molecule has 232 valence electrons. The van der Waals surface area contributed by atoms with Gasteiger partial charge in [0, 0.05) is 32.9 Å². The molecular weight excluding hydrogens is 610 g/mol. The number of hydrogen-bond acceptors (Lipinski definition) is 0. The number of aromatic nitrogens is 2. The smallest absolute Gasteiger partial charge is 0.309 e. The maximum Gasteiger partial charge on any atom is 0.411 e. The molecule has 0 fully saturated rings. The maximum absolute atomic E-state index is 15.1. The first kappa shape index (κ1) is 28.9. The molecule has 0 aliphatic heterocycles. The minimum atomic E-state index is -5.70. The maximum atomic E-state index is 15.1. The van der Waals surface area contributed by atoms with Crippen molar-refractivity contribution in [2.24, 2.45) is 0 Å². The third-order valence-corrected chi connectivity index (χ3v) is 9.13. The third-order valence-electron chi connectivity index (χ3n) is 9.13. The molecule has 0 N–H and O–H groups in total. The summed E-state index contributed by atoms with van der Waals surface area (Å²) >= 11 is 0. The second-order valence-electron chi connectivity index (χ2n) is 11.6. The number of rotatable bonds is 4. The van der Waals surface area contributed by atoms with Gasteiger partial charge < -0.3 is 9.13 Å². The van der Waals surface area contributed by atoms with Gasteiger partial charge in [0.05, 0.1) is 22.1 Å². The van der Waals surface area contributed by atoms with Crippen LogP contribution >= 0.6 is 0 Å². The van der Waals surface area contributed by atoms with Gasteiger partial charge in [0.2, 0.25) is 5.41 Å². The van der Waals surface area contributed by atoms with Crippen molar-refractivity contribution in [1.82, 2.24) is 9.13 Å². The van der Waals surface area contributed by atoms with E-state index in [4.69, 9.17) is 0 Å². The molecule has 0 atom stereocenters. The van der Waals surface area contributed by atoms with Crippen molar-refractivity contribution in [2.45, 2.75) is 17.8 Å². The lowest BCUT2D eigenvalue weighted by Gasteiger charge is -2.38. The van der Waals surface area contributed by atoms with Crippen molar-refractivity contribution >= 4 is 43.6 Å². The van der Waals surface area contributed by atoms with Crippen LogP contribution in [0.2, 0.25) is 0 Å². The van der Waals surface area contributed by atoms with Crippen LogP contribution in [0.25, 0.3) is 55.0 Å². The molecule has 2 aromatic heterocycles. The molecule has 0 aliphatic rings. The summed E-state index contributed by atoms with van der Waals surface area (Å²) in [5, 5.41) is 3.71. The fourth-order valence-corrected chi connectivity index (χ4v) is 7.10. The van der Waals surface area contributed by atoms with Crippen molar-refractivity contribution < 1.29 is 26.3 Å². The second-order valence-corrected chi connectivity index (χ2v) is 11.6. The molecule has 0 aliphatic carbocycles. The molecule has 6 aromatic carbocycles. The molecule has 8 aromatic rings. The zero-order valence-electron chi connectivity index (χ0n) is 24.5. The molecule has 8 rings (SSSR count). The van der Waals surface area contributed by atoms with Gasteiger partial charge in [-0.3, -0.25) is 0 Å². The van der Waals surface area contributed by atoms with Crippen molar-refractivity contribution in [3.63, 3.8) is 0 Å². The topological polar surface area (TPSA) is 9.86 Å². The van der Waals surface area contributed by atoms with Crippen LogP contribution in [0.15, 0.2) is 146 Å². The summed E-state index contributed by atoms with van der Waals surface area (Å²) in [6.45, 7) is 0. The molecule has 47 heavy (non-hydrogen) atoms. The first-order valence-corrected chi connectivity index (χ1v) is 14.9. The van der Waals surface area contributed by atoms with E-state index in [2.05, 4.69) is 0 Å². The second kappa shape index (κ2) is 10.3. The molecular formula is C39H24F6N2. The average molecular weight is 635 g/mol. The Labute approximate surface area is 264 Å². The summed E-state index contributed by atoms with van der Waals surface area (Å²) in [5.41, 5.74) is -2.02. The summed E-state index contributed by atoms with van der Waals surface area (Å²) < 4.78 is 94.2. The van der Waals surface area contributed by atoms with Crippen LogP contribution in [0.1, 0.15) is 11.1 Å². The van der Waals surface area contributed by atoms with Gasteiger partial charge in [-0.15, -0.1) is 0 Å². The summed E-state index contributed by atoms with van der Waals surface area (Å²) in [4.78, 5) is 0. The Hall–Kier alpha value is -5.50. The van der Waals surface area contributed by atoms with Gasteiger partial charge in [-0.25, -0.2) is 0 Å². The van der Waals surface area contributed by atoms with Crippen molar-refractivity contribution in [1.29, 1.82) is 0 Å². The number of fused-ring (bicyclic) bond motifs is 6. The Kier molecular flexibility index (Phi) is 6.31. The standard InChI is InChI=1S/C39H24F6N2/c40-38(41,42)37(39(43,44)45,25-17-21-27(22-18-25)46-33-13-5-1-9-29(33)30-10-2-6-14-34(30)46)26-19-23-28(24-20-26)47-35-15-7-3-11-31(35)32-12-4-8-16-36(32)47/h1-24H. The minimum absolute atomic E-state index is 0.450. The quantitative estimate of drug-likeness (QED) is 0.171. The van der Waals surface area contributed by atoms with Crippen molar-refractivity contribution in [3.8, 4) is 11.4 Å². The van der Waals surface area contributed by atoms with Gasteiger partial charge in [0.15, 0.2) is 0 Å². The van der Waals surface area contributed by atoms with E-state index in [9.17, 15) is 0 Å². The lowest BCUT2D eigenvalue weighted by atomic mass is 9.73. The lowest BCUT2D eigenvalue weighted by molar-refractivity contribution is -0.288. The van der Waals surface area contributed by atoms with Gasteiger partial charge in [0.1, 0.15) is 0 Å². The molecule has 0 saturated carbocycles. The van der Waals surface area contributed by atoms with Gasteiger partial charge >= 0.3 is 12.4 Å². The zero-order valence-corrected chi connectivity index (χ0v) is 24.5. The van der Waals surface area contributed by atoms with E-state index in [1.54, 1.807) is 0 Å². The first-order valence-electron chi connectivity index (χ1n) is 14.9. The zero-order chi connectivity index (χ0) is 32.6. The highest BCUT2D eigenvalue weighted by molar-refractivity contribution is 6.10. The van der Waals surface area contributed by atoms with Crippen LogP contribution in [-0.4, -0.2) is 21.5 Å². The Bertz CT molecular complexity index is 2150. The van der Waals surface area contributed by atoms with E-state index in [0.29, 0.717) is 11.4 Å². The molecule has 0 radical (unpaired) electrons.